The maximum Gasteiger partial charge on any atom is 0.254 e. The SMILES string of the molecule is O=C(Nc1ccc(F)cc1)C1CCN(C(=O)c2cccc3ccccc23)CC1. The highest BCUT2D eigenvalue weighted by Gasteiger charge is 2.28. The number of benzene rings is 3. The zero-order valence-electron chi connectivity index (χ0n) is 15.4. The van der Waals surface area contributed by atoms with Crippen molar-refractivity contribution in [2.75, 3.05) is 18.4 Å². The van der Waals surface area contributed by atoms with Gasteiger partial charge in [-0.3, -0.25) is 9.59 Å². The van der Waals surface area contributed by atoms with E-state index < -0.39 is 0 Å². The first kappa shape index (κ1) is 18.2. The Labute approximate surface area is 163 Å². The van der Waals surface area contributed by atoms with E-state index >= 15 is 0 Å². The molecule has 4 nitrogen and oxygen atoms in total. The average molecular weight is 376 g/mol. The third-order valence-corrected chi connectivity index (χ3v) is 5.28. The van der Waals surface area contributed by atoms with Crippen LogP contribution in [-0.2, 0) is 4.79 Å². The molecular weight excluding hydrogens is 355 g/mol. The highest BCUT2D eigenvalue weighted by atomic mass is 19.1. The topological polar surface area (TPSA) is 49.4 Å². The summed E-state index contributed by atoms with van der Waals surface area (Å²) >= 11 is 0. The number of carbonyl (C=O) groups is 2. The molecule has 1 heterocycles. The van der Waals surface area contributed by atoms with E-state index in [2.05, 4.69) is 5.32 Å². The monoisotopic (exact) mass is 376 g/mol. The zero-order chi connectivity index (χ0) is 19.5. The summed E-state index contributed by atoms with van der Waals surface area (Å²) in [5.41, 5.74) is 1.29. The number of carbonyl (C=O) groups excluding carboxylic acids is 2. The van der Waals surface area contributed by atoms with E-state index in [4.69, 9.17) is 0 Å². The Hall–Kier alpha value is -3.21. The maximum atomic E-state index is 13.0. The molecule has 0 aromatic heterocycles. The molecule has 1 N–H and O–H groups in total. The lowest BCUT2D eigenvalue weighted by Crippen LogP contribution is -2.41. The Morgan fingerprint density at radius 3 is 2.32 bits per heavy atom. The summed E-state index contributed by atoms with van der Waals surface area (Å²) in [5.74, 6) is -0.557. The molecule has 0 atom stereocenters. The van der Waals surface area contributed by atoms with E-state index in [0.29, 0.717) is 37.2 Å². The second-order valence-corrected chi connectivity index (χ2v) is 7.09. The quantitative estimate of drug-likeness (QED) is 0.733. The predicted octanol–water partition coefficient (Wildman–Crippen LogP) is 4.47. The molecule has 142 valence electrons. The Morgan fingerprint density at radius 1 is 0.893 bits per heavy atom. The second kappa shape index (κ2) is 7.80. The van der Waals surface area contributed by atoms with Crippen LogP contribution in [0.4, 0.5) is 10.1 Å². The summed E-state index contributed by atoms with van der Waals surface area (Å²) in [5, 5.41) is 4.82. The number of amides is 2. The number of hydrogen-bond acceptors (Lipinski definition) is 2. The van der Waals surface area contributed by atoms with Crippen molar-refractivity contribution in [2.45, 2.75) is 12.8 Å². The molecule has 1 fully saturated rings. The van der Waals surface area contributed by atoms with Crippen LogP contribution >= 0.6 is 0 Å². The Kier molecular flexibility index (Phi) is 5.06. The van der Waals surface area contributed by atoms with Gasteiger partial charge in [0.15, 0.2) is 0 Å². The van der Waals surface area contributed by atoms with Gasteiger partial charge in [0.1, 0.15) is 5.82 Å². The van der Waals surface area contributed by atoms with Crippen molar-refractivity contribution in [1.29, 1.82) is 0 Å². The fraction of sp³-hybridized carbons (Fsp3) is 0.217. The number of anilines is 1. The number of nitrogens with zero attached hydrogens (tertiary/aromatic N) is 1. The lowest BCUT2D eigenvalue weighted by atomic mass is 9.94. The molecule has 0 radical (unpaired) electrons. The number of halogens is 1. The number of fused-ring (bicyclic) bond motifs is 1. The van der Waals surface area contributed by atoms with Crippen molar-refractivity contribution in [3.8, 4) is 0 Å². The number of rotatable bonds is 3. The van der Waals surface area contributed by atoms with E-state index in [-0.39, 0.29) is 23.5 Å². The molecule has 0 saturated carbocycles. The molecule has 1 saturated heterocycles. The minimum absolute atomic E-state index is 0.00851. The van der Waals surface area contributed by atoms with Crippen LogP contribution < -0.4 is 5.32 Å². The number of nitrogens with one attached hydrogen (secondary N) is 1. The highest BCUT2D eigenvalue weighted by molar-refractivity contribution is 6.07. The van der Waals surface area contributed by atoms with Crippen LogP contribution in [0.25, 0.3) is 10.8 Å². The molecule has 2 amide bonds. The van der Waals surface area contributed by atoms with Gasteiger partial charge in [-0.25, -0.2) is 4.39 Å². The van der Waals surface area contributed by atoms with Crippen LogP contribution in [0.5, 0.6) is 0 Å². The summed E-state index contributed by atoms with van der Waals surface area (Å²) in [6.45, 7) is 1.09. The van der Waals surface area contributed by atoms with Crippen molar-refractivity contribution in [2.24, 2.45) is 5.92 Å². The molecule has 3 aromatic rings. The molecule has 3 aromatic carbocycles. The van der Waals surface area contributed by atoms with Crippen LogP contribution in [0, 0.1) is 11.7 Å². The molecule has 0 aliphatic carbocycles. The van der Waals surface area contributed by atoms with Gasteiger partial charge in [-0.05, 0) is 53.9 Å². The molecular formula is C23H21FN2O2. The van der Waals surface area contributed by atoms with E-state index in [1.54, 1.807) is 12.1 Å². The molecule has 0 unspecified atom stereocenters. The lowest BCUT2D eigenvalue weighted by molar-refractivity contribution is -0.121. The third kappa shape index (κ3) is 3.74. The predicted molar refractivity (Wildman–Crippen MR) is 108 cm³/mol. The van der Waals surface area contributed by atoms with Gasteiger partial charge in [0.25, 0.3) is 5.91 Å². The van der Waals surface area contributed by atoms with Crippen molar-refractivity contribution in [3.63, 3.8) is 0 Å². The summed E-state index contributed by atoms with van der Waals surface area (Å²) in [6, 6.07) is 19.4. The van der Waals surface area contributed by atoms with E-state index in [9.17, 15) is 14.0 Å². The summed E-state index contributed by atoms with van der Waals surface area (Å²) in [6.07, 6.45) is 1.23. The minimum Gasteiger partial charge on any atom is -0.339 e. The van der Waals surface area contributed by atoms with Crippen LogP contribution in [0.1, 0.15) is 23.2 Å². The molecule has 1 aliphatic heterocycles. The summed E-state index contributed by atoms with van der Waals surface area (Å²) in [7, 11) is 0. The fourth-order valence-corrected chi connectivity index (χ4v) is 3.70. The highest BCUT2D eigenvalue weighted by Crippen LogP contribution is 2.24. The van der Waals surface area contributed by atoms with Gasteiger partial charge in [0.2, 0.25) is 5.91 Å². The first-order valence-corrected chi connectivity index (χ1v) is 9.45. The van der Waals surface area contributed by atoms with Gasteiger partial charge in [0.05, 0.1) is 0 Å². The molecule has 5 heteroatoms. The van der Waals surface area contributed by atoms with Gasteiger partial charge in [-0.15, -0.1) is 0 Å². The number of likely N-dealkylation sites (tertiary alicyclic amines) is 1. The van der Waals surface area contributed by atoms with Crippen molar-refractivity contribution >= 4 is 28.3 Å². The van der Waals surface area contributed by atoms with Crippen molar-refractivity contribution in [1.82, 2.24) is 4.90 Å². The minimum atomic E-state index is -0.335. The first-order chi connectivity index (χ1) is 13.6. The van der Waals surface area contributed by atoms with Crippen molar-refractivity contribution in [3.05, 3.63) is 78.1 Å². The largest absolute Gasteiger partial charge is 0.339 e. The first-order valence-electron chi connectivity index (χ1n) is 9.45. The third-order valence-electron chi connectivity index (χ3n) is 5.28. The smallest absolute Gasteiger partial charge is 0.254 e. The molecule has 0 bridgehead atoms. The Balaban J connectivity index is 1.40. The van der Waals surface area contributed by atoms with Gasteiger partial charge in [-0.2, -0.15) is 0 Å². The van der Waals surface area contributed by atoms with Gasteiger partial charge in [-0.1, -0.05) is 36.4 Å². The van der Waals surface area contributed by atoms with Crippen molar-refractivity contribution < 1.29 is 14.0 Å². The fourth-order valence-electron chi connectivity index (χ4n) is 3.70. The molecule has 4 rings (SSSR count). The van der Waals surface area contributed by atoms with E-state index in [0.717, 1.165) is 10.8 Å². The zero-order valence-corrected chi connectivity index (χ0v) is 15.4. The van der Waals surface area contributed by atoms with Crippen LogP contribution in [0.2, 0.25) is 0 Å². The van der Waals surface area contributed by atoms with Crippen LogP contribution in [0.3, 0.4) is 0 Å². The van der Waals surface area contributed by atoms with Gasteiger partial charge in [0, 0.05) is 30.3 Å². The Bertz CT molecular complexity index is 1000. The lowest BCUT2D eigenvalue weighted by Gasteiger charge is -2.31. The van der Waals surface area contributed by atoms with Crippen LogP contribution in [0.15, 0.2) is 66.7 Å². The average Bonchev–Trinajstić information content (AvgIpc) is 2.74. The number of hydrogen-bond donors (Lipinski definition) is 1. The van der Waals surface area contributed by atoms with E-state index in [1.165, 1.54) is 12.1 Å². The Morgan fingerprint density at radius 2 is 1.57 bits per heavy atom. The summed E-state index contributed by atoms with van der Waals surface area (Å²) < 4.78 is 13.0. The normalized spacial score (nSPS) is 14.8. The second-order valence-electron chi connectivity index (χ2n) is 7.09. The molecule has 0 spiro atoms. The van der Waals surface area contributed by atoms with Gasteiger partial charge >= 0.3 is 0 Å². The summed E-state index contributed by atoms with van der Waals surface area (Å²) in [4.78, 5) is 27.3. The maximum absolute atomic E-state index is 13.0. The van der Waals surface area contributed by atoms with Gasteiger partial charge < -0.3 is 10.2 Å². The number of piperidine rings is 1. The van der Waals surface area contributed by atoms with E-state index in [1.807, 2.05) is 47.4 Å². The van der Waals surface area contributed by atoms with Crippen LogP contribution in [-0.4, -0.2) is 29.8 Å². The molecule has 28 heavy (non-hydrogen) atoms. The standard InChI is InChI=1S/C23H21FN2O2/c24-18-8-10-19(11-9-18)25-22(27)17-12-14-26(15-13-17)23(28)21-7-3-5-16-4-1-2-6-20(16)21/h1-11,17H,12-15H2,(H,25,27). The molecule has 1 aliphatic rings.